The van der Waals surface area contributed by atoms with E-state index in [1.807, 2.05) is 0 Å². The highest BCUT2D eigenvalue weighted by Crippen LogP contribution is 2.13. The number of ether oxygens (including phenoxy) is 1. The number of aliphatic hydroxyl groups is 1. The highest BCUT2D eigenvalue weighted by atomic mass is 16.5. The minimum Gasteiger partial charge on any atom is -0.394 e. The van der Waals surface area contributed by atoms with E-state index in [4.69, 9.17) is 4.74 Å². The van der Waals surface area contributed by atoms with Gasteiger partial charge in [-0.3, -0.25) is 0 Å². The molecule has 19 heavy (non-hydrogen) atoms. The van der Waals surface area contributed by atoms with E-state index in [0.29, 0.717) is 0 Å². The molecule has 0 radical (unpaired) electrons. The molecule has 0 saturated heterocycles. The average molecular weight is 274 g/mol. The van der Waals surface area contributed by atoms with Gasteiger partial charge in [-0.1, -0.05) is 20.3 Å². The van der Waals surface area contributed by atoms with E-state index in [1.165, 1.54) is 6.42 Å². The Labute approximate surface area is 119 Å². The first-order valence-electron chi connectivity index (χ1n) is 7.69. The number of hydrogen-bond acceptors (Lipinski definition) is 4. The summed E-state index contributed by atoms with van der Waals surface area (Å²) >= 11 is 0. The Morgan fingerprint density at radius 2 is 1.95 bits per heavy atom. The third-order valence-corrected chi connectivity index (χ3v) is 3.66. The lowest BCUT2D eigenvalue weighted by molar-refractivity contribution is 0.144. The van der Waals surface area contributed by atoms with Crippen LogP contribution in [-0.4, -0.2) is 62.0 Å². The second kappa shape index (κ2) is 11.6. The number of hydrogen-bond donors (Lipinski definition) is 2. The van der Waals surface area contributed by atoms with E-state index in [2.05, 4.69) is 31.0 Å². The second-order valence-corrected chi connectivity index (χ2v) is 5.53. The van der Waals surface area contributed by atoms with Crippen molar-refractivity contribution in [2.75, 3.05) is 46.5 Å². The molecule has 4 heteroatoms. The van der Waals surface area contributed by atoms with Crippen LogP contribution in [0.15, 0.2) is 0 Å². The largest absolute Gasteiger partial charge is 0.394 e. The fourth-order valence-corrected chi connectivity index (χ4v) is 2.15. The van der Waals surface area contributed by atoms with Crippen LogP contribution in [-0.2, 0) is 4.74 Å². The van der Waals surface area contributed by atoms with Crippen molar-refractivity contribution in [3.8, 4) is 0 Å². The first kappa shape index (κ1) is 18.8. The second-order valence-electron chi connectivity index (χ2n) is 5.53. The fraction of sp³-hybridized carbons (Fsp3) is 1.00. The smallest absolute Gasteiger partial charge is 0.0610 e. The molecule has 0 rings (SSSR count). The molecule has 0 saturated carbocycles. The van der Waals surface area contributed by atoms with Crippen molar-refractivity contribution in [3.05, 3.63) is 0 Å². The van der Waals surface area contributed by atoms with E-state index in [0.717, 1.165) is 52.0 Å². The van der Waals surface area contributed by atoms with Gasteiger partial charge in [-0.05, 0) is 45.8 Å². The molecule has 0 fully saturated rings. The number of aliphatic hydroxyl groups excluding tert-OH is 1. The van der Waals surface area contributed by atoms with Gasteiger partial charge in [0.1, 0.15) is 0 Å². The topological polar surface area (TPSA) is 44.7 Å². The molecule has 1 unspecified atom stereocenters. The zero-order chi connectivity index (χ0) is 14.6. The van der Waals surface area contributed by atoms with Crippen molar-refractivity contribution >= 4 is 0 Å². The molecule has 2 N–H and O–H groups in total. The van der Waals surface area contributed by atoms with Crippen LogP contribution in [0.2, 0.25) is 0 Å². The molecule has 0 aliphatic heterocycles. The number of likely N-dealkylation sites (N-methyl/N-ethyl adjacent to an activating group) is 1. The van der Waals surface area contributed by atoms with Gasteiger partial charge in [0.15, 0.2) is 0 Å². The number of methoxy groups -OCH3 is 1. The molecular weight excluding hydrogens is 240 g/mol. The molecule has 0 aromatic heterocycles. The van der Waals surface area contributed by atoms with Gasteiger partial charge in [-0.2, -0.15) is 0 Å². The lowest BCUT2D eigenvalue weighted by Crippen LogP contribution is -2.46. The van der Waals surface area contributed by atoms with Crippen LogP contribution >= 0.6 is 0 Å². The molecule has 0 aromatic rings. The molecule has 0 bridgehead atoms. The van der Waals surface area contributed by atoms with E-state index in [-0.39, 0.29) is 12.1 Å². The molecule has 0 aliphatic carbocycles. The van der Waals surface area contributed by atoms with Crippen LogP contribution in [0.3, 0.4) is 0 Å². The first-order chi connectivity index (χ1) is 9.11. The third kappa shape index (κ3) is 9.38. The van der Waals surface area contributed by atoms with E-state index >= 15 is 0 Å². The van der Waals surface area contributed by atoms with Gasteiger partial charge in [0.2, 0.25) is 0 Å². The van der Waals surface area contributed by atoms with E-state index in [1.54, 1.807) is 7.11 Å². The van der Waals surface area contributed by atoms with Gasteiger partial charge in [-0.25, -0.2) is 0 Å². The summed E-state index contributed by atoms with van der Waals surface area (Å²) < 4.78 is 5.11. The summed E-state index contributed by atoms with van der Waals surface area (Å²) in [5.41, 5.74) is -0.112. The predicted octanol–water partition coefficient (Wildman–Crippen LogP) is 1.88. The molecule has 0 aliphatic rings. The van der Waals surface area contributed by atoms with Gasteiger partial charge in [-0.15, -0.1) is 0 Å². The van der Waals surface area contributed by atoms with Crippen LogP contribution in [0.4, 0.5) is 0 Å². The highest BCUT2D eigenvalue weighted by Gasteiger charge is 2.21. The Hall–Kier alpha value is -0.160. The summed E-state index contributed by atoms with van der Waals surface area (Å²) in [5.74, 6) is 0. The van der Waals surface area contributed by atoms with Gasteiger partial charge < -0.3 is 20.1 Å². The van der Waals surface area contributed by atoms with Crippen molar-refractivity contribution < 1.29 is 9.84 Å². The normalized spacial score (nSPS) is 14.8. The Morgan fingerprint density at radius 3 is 2.47 bits per heavy atom. The van der Waals surface area contributed by atoms with Crippen LogP contribution in [0.25, 0.3) is 0 Å². The monoisotopic (exact) mass is 274 g/mol. The SMILES string of the molecule is CCCNC(C)(CO)CCCCN(CC)CCOC. The zero-order valence-electron chi connectivity index (χ0n) is 13.4. The van der Waals surface area contributed by atoms with Crippen molar-refractivity contribution in [1.82, 2.24) is 10.2 Å². The maximum absolute atomic E-state index is 9.49. The van der Waals surface area contributed by atoms with Gasteiger partial charge in [0.05, 0.1) is 13.2 Å². The minimum absolute atomic E-state index is 0.112. The molecule has 0 amide bonds. The number of nitrogens with zero attached hydrogens (tertiary/aromatic N) is 1. The number of rotatable bonds is 13. The van der Waals surface area contributed by atoms with Crippen LogP contribution in [0.1, 0.15) is 46.5 Å². The van der Waals surface area contributed by atoms with Gasteiger partial charge >= 0.3 is 0 Å². The van der Waals surface area contributed by atoms with E-state index < -0.39 is 0 Å². The van der Waals surface area contributed by atoms with Crippen LogP contribution in [0, 0.1) is 0 Å². The maximum Gasteiger partial charge on any atom is 0.0610 e. The predicted molar refractivity (Wildman–Crippen MR) is 81.6 cm³/mol. The zero-order valence-corrected chi connectivity index (χ0v) is 13.4. The Balaban J connectivity index is 3.79. The van der Waals surface area contributed by atoms with E-state index in [9.17, 15) is 5.11 Å². The summed E-state index contributed by atoms with van der Waals surface area (Å²) in [4.78, 5) is 2.42. The van der Waals surface area contributed by atoms with Crippen molar-refractivity contribution in [2.45, 2.75) is 52.0 Å². The average Bonchev–Trinajstić information content (AvgIpc) is 2.44. The maximum atomic E-state index is 9.49. The third-order valence-electron chi connectivity index (χ3n) is 3.66. The Morgan fingerprint density at radius 1 is 1.21 bits per heavy atom. The molecule has 116 valence electrons. The fourth-order valence-electron chi connectivity index (χ4n) is 2.15. The summed E-state index contributed by atoms with van der Waals surface area (Å²) in [6, 6.07) is 0. The molecular formula is C15H34N2O2. The lowest BCUT2D eigenvalue weighted by atomic mass is 9.95. The van der Waals surface area contributed by atoms with Gasteiger partial charge in [0.25, 0.3) is 0 Å². The molecule has 1 atom stereocenters. The molecule has 0 heterocycles. The van der Waals surface area contributed by atoms with Crippen molar-refractivity contribution in [3.63, 3.8) is 0 Å². The quantitative estimate of drug-likeness (QED) is 0.503. The number of nitrogens with one attached hydrogen (secondary N) is 1. The van der Waals surface area contributed by atoms with Crippen molar-refractivity contribution in [1.29, 1.82) is 0 Å². The van der Waals surface area contributed by atoms with Gasteiger partial charge in [0, 0.05) is 19.2 Å². The van der Waals surface area contributed by atoms with Crippen molar-refractivity contribution in [2.24, 2.45) is 0 Å². The summed E-state index contributed by atoms with van der Waals surface area (Å²) in [6.45, 7) is 11.7. The highest BCUT2D eigenvalue weighted by molar-refractivity contribution is 4.81. The lowest BCUT2D eigenvalue weighted by Gasteiger charge is -2.29. The molecule has 0 aromatic carbocycles. The molecule has 0 spiro atoms. The number of unbranched alkanes of at least 4 members (excludes halogenated alkanes) is 1. The summed E-state index contributed by atoms with van der Waals surface area (Å²) in [5, 5.41) is 12.9. The first-order valence-corrected chi connectivity index (χ1v) is 7.69. The Kier molecular flexibility index (Phi) is 11.6. The Bertz CT molecular complexity index is 203. The molecule has 4 nitrogen and oxygen atoms in total. The summed E-state index contributed by atoms with van der Waals surface area (Å²) in [6.07, 6.45) is 4.47. The van der Waals surface area contributed by atoms with Crippen LogP contribution in [0.5, 0.6) is 0 Å². The van der Waals surface area contributed by atoms with Crippen LogP contribution < -0.4 is 5.32 Å². The summed E-state index contributed by atoms with van der Waals surface area (Å²) in [7, 11) is 1.75. The standard InChI is InChI=1S/C15H34N2O2/c1-5-10-16-15(3,14-18)9-7-8-11-17(6-2)12-13-19-4/h16,18H,5-14H2,1-4H3. The minimum atomic E-state index is -0.112.